The number of thioether (sulfide) groups is 1. The van der Waals surface area contributed by atoms with E-state index in [0.29, 0.717) is 5.75 Å². The summed E-state index contributed by atoms with van der Waals surface area (Å²) in [5.41, 5.74) is 0. The second-order valence-corrected chi connectivity index (χ2v) is 4.94. The number of hydrogen-bond donors (Lipinski definition) is 4. The molecule has 0 aromatic heterocycles. The first-order chi connectivity index (χ1) is 7.20. The standard InChI is InChI=1S/C10H23NO3S/c1-9(14)8-15-10(7-13)3-5-11-4-2-6-12/h9-14H,2-8H2,1H3. The summed E-state index contributed by atoms with van der Waals surface area (Å²) in [7, 11) is 0. The number of aliphatic hydroxyl groups is 3. The van der Waals surface area contributed by atoms with Gasteiger partial charge in [-0.25, -0.2) is 0 Å². The second kappa shape index (κ2) is 10.7. The quantitative estimate of drug-likeness (QED) is 0.397. The maximum atomic E-state index is 9.09. The Labute approximate surface area is 96.1 Å². The van der Waals surface area contributed by atoms with Gasteiger partial charge < -0.3 is 20.6 Å². The SMILES string of the molecule is CC(O)CSC(CO)CCNCCCO. The first-order valence-corrected chi connectivity index (χ1v) is 6.47. The molecule has 92 valence electrons. The molecule has 0 spiro atoms. The highest BCUT2D eigenvalue weighted by atomic mass is 32.2. The van der Waals surface area contributed by atoms with Crippen LogP contribution in [0.1, 0.15) is 19.8 Å². The van der Waals surface area contributed by atoms with E-state index in [9.17, 15) is 0 Å². The lowest BCUT2D eigenvalue weighted by Crippen LogP contribution is -2.23. The molecule has 0 aliphatic carbocycles. The lowest BCUT2D eigenvalue weighted by molar-refractivity contribution is 0.220. The minimum atomic E-state index is -0.314. The molecule has 0 aliphatic heterocycles. The molecule has 0 fully saturated rings. The highest BCUT2D eigenvalue weighted by Crippen LogP contribution is 2.14. The highest BCUT2D eigenvalue weighted by Gasteiger charge is 2.08. The van der Waals surface area contributed by atoms with Gasteiger partial charge in [0.05, 0.1) is 12.7 Å². The van der Waals surface area contributed by atoms with Crippen LogP contribution in [0.5, 0.6) is 0 Å². The van der Waals surface area contributed by atoms with Gasteiger partial charge in [-0.15, -0.1) is 0 Å². The summed E-state index contributed by atoms with van der Waals surface area (Å²) >= 11 is 1.60. The van der Waals surface area contributed by atoms with Crippen molar-refractivity contribution in [2.45, 2.75) is 31.1 Å². The van der Waals surface area contributed by atoms with Crippen LogP contribution in [0.25, 0.3) is 0 Å². The molecule has 0 rings (SSSR count). The van der Waals surface area contributed by atoms with Gasteiger partial charge in [0.1, 0.15) is 0 Å². The lowest BCUT2D eigenvalue weighted by atomic mass is 10.3. The number of aliphatic hydroxyl groups excluding tert-OH is 3. The third-order valence-corrected chi connectivity index (χ3v) is 3.46. The number of rotatable bonds is 10. The van der Waals surface area contributed by atoms with Crippen LogP contribution in [0, 0.1) is 0 Å². The van der Waals surface area contributed by atoms with E-state index in [1.807, 2.05) is 0 Å². The van der Waals surface area contributed by atoms with E-state index in [2.05, 4.69) is 5.32 Å². The van der Waals surface area contributed by atoms with Gasteiger partial charge in [0.2, 0.25) is 0 Å². The molecule has 0 heterocycles. The van der Waals surface area contributed by atoms with Crippen LogP contribution in [0.3, 0.4) is 0 Å². The zero-order valence-electron chi connectivity index (χ0n) is 9.35. The Morgan fingerprint density at radius 2 is 2.00 bits per heavy atom. The van der Waals surface area contributed by atoms with Crippen molar-refractivity contribution in [3.05, 3.63) is 0 Å². The molecule has 0 aromatic rings. The van der Waals surface area contributed by atoms with Crippen molar-refractivity contribution in [1.29, 1.82) is 0 Å². The van der Waals surface area contributed by atoms with Gasteiger partial charge in [-0.1, -0.05) is 0 Å². The molecule has 5 heteroatoms. The molecular formula is C10H23NO3S. The molecule has 0 saturated heterocycles. The fraction of sp³-hybridized carbons (Fsp3) is 1.00. The third kappa shape index (κ3) is 10.5. The molecular weight excluding hydrogens is 214 g/mol. The first kappa shape index (κ1) is 15.2. The minimum absolute atomic E-state index is 0.152. The largest absolute Gasteiger partial charge is 0.396 e. The van der Waals surface area contributed by atoms with Crippen molar-refractivity contribution in [1.82, 2.24) is 5.32 Å². The fourth-order valence-electron chi connectivity index (χ4n) is 1.09. The maximum absolute atomic E-state index is 9.09. The average Bonchev–Trinajstić information content (AvgIpc) is 2.22. The van der Waals surface area contributed by atoms with Crippen molar-refractivity contribution >= 4 is 11.8 Å². The molecule has 4 N–H and O–H groups in total. The third-order valence-electron chi connectivity index (χ3n) is 1.93. The van der Waals surface area contributed by atoms with Crippen LogP contribution < -0.4 is 5.32 Å². The molecule has 0 aliphatic rings. The van der Waals surface area contributed by atoms with E-state index in [1.165, 1.54) is 0 Å². The van der Waals surface area contributed by atoms with Gasteiger partial charge in [0, 0.05) is 17.6 Å². The van der Waals surface area contributed by atoms with Gasteiger partial charge in [-0.2, -0.15) is 11.8 Å². The molecule has 0 amide bonds. The summed E-state index contributed by atoms with van der Waals surface area (Å²) < 4.78 is 0. The van der Waals surface area contributed by atoms with Crippen molar-refractivity contribution < 1.29 is 15.3 Å². The van der Waals surface area contributed by atoms with Crippen molar-refractivity contribution in [2.75, 3.05) is 32.1 Å². The van der Waals surface area contributed by atoms with Gasteiger partial charge in [0.25, 0.3) is 0 Å². The summed E-state index contributed by atoms with van der Waals surface area (Å²) in [4.78, 5) is 0. The molecule has 2 unspecified atom stereocenters. The van der Waals surface area contributed by atoms with Crippen LogP contribution in [-0.4, -0.2) is 58.7 Å². The Hall–Kier alpha value is 0.190. The van der Waals surface area contributed by atoms with E-state index in [0.717, 1.165) is 25.9 Å². The predicted molar refractivity (Wildman–Crippen MR) is 64.2 cm³/mol. The highest BCUT2D eigenvalue weighted by molar-refractivity contribution is 7.99. The van der Waals surface area contributed by atoms with Crippen molar-refractivity contribution in [3.63, 3.8) is 0 Å². The molecule has 15 heavy (non-hydrogen) atoms. The van der Waals surface area contributed by atoms with Gasteiger partial charge >= 0.3 is 0 Å². The smallest absolute Gasteiger partial charge is 0.0602 e. The minimum Gasteiger partial charge on any atom is -0.396 e. The predicted octanol–water partition coefficient (Wildman–Crippen LogP) is -0.177. The van der Waals surface area contributed by atoms with E-state index in [4.69, 9.17) is 15.3 Å². The van der Waals surface area contributed by atoms with Gasteiger partial charge in [-0.05, 0) is 32.9 Å². The monoisotopic (exact) mass is 237 g/mol. The van der Waals surface area contributed by atoms with Gasteiger partial charge in [-0.3, -0.25) is 0 Å². The Morgan fingerprint density at radius 3 is 2.53 bits per heavy atom. The Morgan fingerprint density at radius 1 is 1.27 bits per heavy atom. The summed E-state index contributed by atoms with van der Waals surface area (Å²) in [6.45, 7) is 3.78. The number of nitrogens with one attached hydrogen (secondary N) is 1. The van der Waals surface area contributed by atoms with Gasteiger partial charge in [0.15, 0.2) is 0 Å². The summed E-state index contributed by atoms with van der Waals surface area (Å²) in [6, 6.07) is 0. The van der Waals surface area contributed by atoms with E-state index in [-0.39, 0.29) is 24.6 Å². The lowest BCUT2D eigenvalue weighted by Gasteiger charge is -2.15. The van der Waals surface area contributed by atoms with Crippen LogP contribution >= 0.6 is 11.8 Å². The zero-order valence-corrected chi connectivity index (χ0v) is 10.2. The molecule has 4 nitrogen and oxygen atoms in total. The summed E-state index contributed by atoms with van der Waals surface area (Å²) in [5, 5.41) is 30.1. The van der Waals surface area contributed by atoms with E-state index < -0.39 is 0 Å². The van der Waals surface area contributed by atoms with E-state index >= 15 is 0 Å². The molecule has 0 radical (unpaired) electrons. The molecule has 0 aromatic carbocycles. The maximum Gasteiger partial charge on any atom is 0.0602 e. The zero-order chi connectivity index (χ0) is 11.5. The van der Waals surface area contributed by atoms with Crippen LogP contribution in [-0.2, 0) is 0 Å². The Kier molecular flexibility index (Phi) is 10.8. The first-order valence-electron chi connectivity index (χ1n) is 5.42. The molecule has 0 bridgehead atoms. The number of hydrogen-bond acceptors (Lipinski definition) is 5. The van der Waals surface area contributed by atoms with Crippen LogP contribution in [0.4, 0.5) is 0 Å². The molecule has 0 saturated carbocycles. The van der Waals surface area contributed by atoms with Crippen LogP contribution in [0.2, 0.25) is 0 Å². The second-order valence-electron chi connectivity index (χ2n) is 3.60. The topological polar surface area (TPSA) is 72.7 Å². The normalized spacial score (nSPS) is 15.2. The average molecular weight is 237 g/mol. The Bertz CT molecular complexity index is 136. The van der Waals surface area contributed by atoms with Crippen molar-refractivity contribution in [3.8, 4) is 0 Å². The Balaban J connectivity index is 3.36. The van der Waals surface area contributed by atoms with Crippen molar-refractivity contribution in [2.24, 2.45) is 0 Å². The summed E-state index contributed by atoms with van der Waals surface area (Å²) in [5.74, 6) is 0.669. The van der Waals surface area contributed by atoms with Crippen LogP contribution in [0.15, 0.2) is 0 Å². The fourth-order valence-corrected chi connectivity index (χ4v) is 2.04. The van der Waals surface area contributed by atoms with E-state index in [1.54, 1.807) is 18.7 Å². The summed E-state index contributed by atoms with van der Waals surface area (Å²) in [6.07, 6.45) is 1.34. The molecule has 2 atom stereocenters.